The van der Waals surface area contributed by atoms with Gasteiger partial charge in [-0.3, -0.25) is 4.90 Å². The lowest BCUT2D eigenvalue weighted by Gasteiger charge is -2.28. The van der Waals surface area contributed by atoms with E-state index in [9.17, 15) is 0 Å². The SMILES string of the molecule is NCc1nc(CN2CCc3cccc(Br)c3C2)no1. The Hall–Kier alpha value is -1.24. The van der Waals surface area contributed by atoms with Gasteiger partial charge in [0, 0.05) is 17.6 Å². The molecule has 0 aliphatic carbocycles. The molecule has 100 valence electrons. The van der Waals surface area contributed by atoms with Crippen LogP contribution in [0.15, 0.2) is 27.2 Å². The second-order valence-corrected chi connectivity index (χ2v) is 5.50. The van der Waals surface area contributed by atoms with E-state index in [1.54, 1.807) is 0 Å². The first-order valence-corrected chi connectivity index (χ1v) is 7.05. The molecule has 1 aliphatic rings. The summed E-state index contributed by atoms with van der Waals surface area (Å²) in [7, 11) is 0. The summed E-state index contributed by atoms with van der Waals surface area (Å²) in [5.41, 5.74) is 8.24. The van der Waals surface area contributed by atoms with E-state index in [1.165, 1.54) is 15.6 Å². The van der Waals surface area contributed by atoms with Crippen LogP contribution in [0.4, 0.5) is 0 Å². The highest BCUT2D eigenvalue weighted by Crippen LogP contribution is 2.26. The molecule has 0 amide bonds. The molecular formula is C13H15BrN4O. The monoisotopic (exact) mass is 322 g/mol. The highest BCUT2D eigenvalue weighted by molar-refractivity contribution is 9.10. The third kappa shape index (κ3) is 2.70. The number of fused-ring (bicyclic) bond motifs is 1. The zero-order chi connectivity index (χ0) is 13.2. The lowest BCUT2D eigenvalue weighted by Crippen LogP contribution is -2.30. The quantitative estimate of drug-likeness (QED) is 0.934. The van der Waals surface area contributed by atoms with Crippen molar-refractivity contribution < 1.29 is 4.52 Å². The summed E-state index contributed by atoms with van der Waals surface area (Å²) in [5.74, 6) is 1.20. The molecule has 0 unspecified atom stereocenters. The Labute approximate surface area is 119 Å². The number of rotatable bonds is 3. The number of halogens is 1. The molecule has 6 heteroatoms. The number of benzene rings is 1. The Morgan fingerprint density at radius 2 is 2.32 bits per heavy atom. The van der Waals surface area contributed by atoms with Crippen LogP contribution in [0.25, 0.3) is 0 Å². The van der Waals surface area contributed by atoms with E-state index in [1.807, 2.05) is 0 Å². The van der Waals surface area contributed by atoms with E-state index in [0.717, 1.165) is 19.5 Å². The van der Waals surface area contributed by atoms with E-state index >= 15 is 0 Å². The van der Waals surface area contributed by atoms with Gasteiger partial charge in [0.2, 0.25) is 5.89 Å². The molecule has 0 fully saturated rings. The minimum absolute atomic E-state index is 0.293. The molecule has 3 rings (SSSR count). The highest BCUT2D eigenvalue weighted by Gasteiger charge is 2.19. The molecule has 0 bridgehead atoms. The fourth-order valence-electron chi connectivity index (χ4n) is 2.37. The lowest BCUT2D eigenvalue weighted by molar-refractivity contribution is 0.234. The van der Waals surface area contributed by atoms with Gasteiger partial charge in [-0.1, -0.05) is 33.2 Å². The van der Waals surface area contributed by atoms with E-state index < -0.39 is 0 Å². The van der Waals surface area contributed by atoms with Gasteiger partial charge in [-0.2, -0.15) is 4.98 Å². The molecule has 2 aromatic rings. The fraction of sp³-hybridized carbons (Fsp3) is 0.385. The van der Waals surface area contributed by atoms with Crippen molar-refractivity contribution in [2.75, 3.05) is 6.54 Å². The predicted molar refractivity (Wildman–Crippen MR) is 74.1 cm³/mol. The van der Waals surface area contributed by atoms with Crippen LogP contribution in [0.2, 0.25) is 0 Å². The minimum Gasteiger partial charge on any atom is -0.338 e. The fourth-order valence-corrected chi connectivity index (χ4v) is 2.90. The lowest BCUT2D eigenvalue weighted by atomic mass is 10.00. The summed E-state index contributed by atoms with van der Waals surface area (Å²) in [6.07, 6.45) is 1.05. The van der Waals surface area contributed by atoms with Crippen LogP contribution < -0.4 is 5.73 Å². The Balaban J connectivity index is 1.73. The van der Waals surface area contributed by atoms with E-state index in [0.29, 0.717) is 24.8 Å². The smallest absolute Gasteiger partial charge is 0.240 e. The Morgan fingerprint density at radius 1 is 1.42 bits per heavy atom. The Kier molecular flexibility index (Phi) is 3.63. The normalized spacial score (nSPS) is 15.5. The van der Waals surface area contributed by atoms with Crippen molar-refractivity contribution >= 4 is 15.9 Å². The topological polar surface area (TPSA) is 68.2 Å². The summed E-state index contributed by atoms with van der Waals surface area (Å²) in [5, 5.41) is 3.94. The van der Waals surface area contributed by atoms with Crippen molar-refractivity contribution in [3.8, 4) is 0 Å². The third-order valence-electron chi connectivity index (χ3n) is 3.34. The van der Waals surface area contributed by atoms with Gasteiger partial charge in [-0.15, -0.1) is 0 Å². The van der Waals surface area contributed by atoms with Gasteiger partial charge in [0.1, 0.15) is 0 Å². The average Bonchev–Trinajstić information content (AvgIpc) is 2.87. The maximum absolute atomic E-state index is 5.46. The van der Waals surface area contributed by atoms with E-state index in [-0.39, 0.29) is 0 Å². The minimum atomic E-state index is 0.293. The van der Waals surface area contributed by atoms with Crippen molar-refractivity contribution in [2.45, 2.75) is 26.1 Å². The first-order chi connectivity index (χ1) is 9.26. The first-order valence-electron chi connectivity index (χ1n) is 6.26. The van der Waals surface area contributed by atoms with Crippen LogP contribution in [0.5, 0.6) is 0 Å². The van der Waals surface area contributed by atoms with Gasteiger partial charge in [-0.25, -0.2) is 0 Å². The van der Waals surface area contributed by atoms with Crippen molar-refractivity contribution in [1.82, 2.24) is 15.0 Å². The molecule has 19 heavy (non-hydrogen) atoms. The van der Waals surface area contributed by atoms with Gasteiger partial charge in [-0.05, 0) is 23.6 Å². The molecule has 0 saturated carbocycles. The van der Waals surface area contributed by atoms with Gasteiger partial charge in [0.05, 0.1) is 13.1 Å². The largest absolute Gasteiger partial charge is 0.338 e. The van der Waals surface area contributed by atoms with Crippen molar-refractivity contribution in [3.05, 3.63) is 45.5 Å². The van der Waals surface area contributed by atoms with Crippen LogP contribution in [-0.4, -0.2) is 21.6 Å². The van der Waals surface area contributed by atoms with E-state index in [4.69, 9.17) is 10.3 Å². The number of nitrogens with two attached hydrogens (primary N) is 1. The second-order valence-electron chi connectivity index (χ2n) is 4.65. The van der Waals surface area contributed by atoms with Crippen molar-refractivity contribution in [3.63, 3.8) is 0 Å². The second kappa shape index (κ2) is 5.40. The molecule has 0 saturated heterocycles. The molecule has 1 aromatic carbocycles. The molecule has 0 radical (unpaired) electrons. The van der Waals surface area contributed by atoms with Crippen LogP contribution in [-0.2, 0) is 26.1 Å². The van der Waals surface area contributed by atoms with Crippen LogP contribution in [0.1, 0.15) is 22.8 Å². The molecule has 5 nitrogen and oxygen atoms in total. The van der Waals surface area contributed by atoms with Crippen molar-refractivity contribution in [2.24, 2.45) is 5.73 Å². The first kappa shape index (κ1) is 12.8. The maximum Gasteiger partial charge on any atom is 0.240 e. The maximum atomic E-state index is 5.46. The molecule has 0 atom stereocenters. The standard InChI is InChI=1S/C13H15BrN4O/c14-11-3-1-2-9-4-5-18(7-10(9)11)8-12-16-13(6-15)19-17-12/h1-3H,4-8,15H2. The average molecular weight is 323 g/mol. The predicted octanol–water partition coefficient (Wildman–Crippen LogP) is 1.85. The zero-order valence-corrected chi connectivity index (χ0v) is 12.1. The number of aromatic nitrogens is 2. The summed E-state index contributed by atoms with van der Waals surface area (Å²) >= 11 is 3.62. The number of hydrogen-bond donors (Lipinski definition) is 1. The summed E-state index contributed by atoms with van der Waals surface area (Å²) < 4.78 is 6.20. The third-order valence-corrected chi connectivity index (χ3v) is 4.09. The van der Waals surface area contributed by atoms with Crippen molar-refractivity contribution in [1.29, 1.82) is 0 Å². The van der Waals surface area contributed by atoms with Crippen LogP contribution >= 0.6 is 15.9 Å². The number of nitrogens with zero attached hydrogens (tertiary/aromatic N) is 3. The summed E-state index contributed by atoms with van der Waals surface area (Å²) in [4.78, 5) is 6.56. The van der Waals surface area contributed by atoms with Crippen LogP contribution in [0, 0.1) is 0 Å². The highest BCUT2D eigenvalue weighted by atomic mass is 79.9. The van der Waals surface area contributed by atoms with Crippen LogP contribution in [0.3, 0.4) is 0 Å². The Morgan fingerprint density at radius 3 is 3.11 bits per heavy atom. The summed E-state index contributed by atoms with van der Waals surface area (Å²) in [6, 6.07) is 6.37. The molecule has 2 N–H and O–H groups in total. The number of hydrogen-bond acceptors (Lipinski definition) is 5. The van der Waals surface area contributed by atoms with Gasteiger partial charge in [0.15, 0.2) is 5.82 Å². The molecule has 0 spiro atoms. The molecule has 2 heterocycles. The van der Waals surface area contributed by atoms with E-state index in [2.05, 4.69) is 49.2 Å². The molecular weight excluding hydrogens is 308 g/mol. The van der Waals surface area contributed by atoms with Gasteiger partial charge < -0.3 is 10.3 Å². The summed E-state index contributed by atoms with van der Waals surface area (Å²) in [6.45, 7) is 2.91. The zero-order valence-electron chi connectivity index (χ0n) is 10.5. The van der Waals surface area contributed by atoms with Gasteiger partial charge in [0.25, 0.3) is 0 Å². The van der Waals surface area contributed by atoms with Gasteiger partial charge >= 0.3 is 0 Å². The molecule has 1 aromatic heterocycles. The Bertz CT molecular complexity index is 584. The molecule has 1 aliphatic heterocycles.